The first kappa shape index (κ1) is 23.5. The molecule has 0 aliphatic carbocycles. The van der Waals surface area contributed by atoms with Crippen molar-refractivity contribution in [2.75, 3.05) is 10.6 Å². The number of amides is 1. The van der Waals surface area contributed by atoms with E-state index in [1.54, 1.807) is 6.20 Å². The van der Waals surface area contributed by atoms with Gasteiger partial charge in [0, 0.05) is 18.8 Å². The molecule has 0 bridgehead atoms. The molecule has 0 atom stereocenters. The molecule has 0 saturated carbocycles. The number of nitrogens with one attached hydrogen (secondary N) is 2. The molecule has 0 spiro atoms. The van der Waals surface area contributed by atoms with Gasteiger partial charge in [-0.3, -0.25) is 9.78 Å². The van der Waals surface area contributed by atoms with Crippen molar-refractivity contribution in [1.29, 1.82) is 0 Å². The normalized spacial score (nSPS) is 11.3. The van der Waals surface area contributed by atoms with Gasteiger partial charge in [-0.1, -0.05) is 60.3 Å². The fourth-order valence-corrected chi connectivity index (χ4v) is 4.35. The summed E-state index contributed by atoms with van der Waals surface area (Å²) in [6, 6.07) is 23.6. The molecule has 0 aliphatic heterocycles. The number of nitrogens with zero attached hydrogens (tertiary/aromatic N) is 4. The molecule has 4 aromatic rings. The van der Waals surface area contributed by atoms with E-state index in [0.717, 1.165) is 23.6 Å². The third-order valence-corrected chi connectivity index (χ3v) is 6.47. The van der Waals surface area contributed by atoms with Crippen molar-refractivity contribution in [2.45, 2.75) is 43.8 Å². The molecule has 0 fully saturated rings. The summed E-state index contributed by atoms with van der Waals surface area (Å²) < 4.78 is 1.24. The fraction of sp³-hybridized carbons (Fsp3) is 0.231. The van der Waals surface area contributed by atoms with Gasteiger partial charge in [-0.05, 0) is 50.6 Å². The highest BCUT2D eigenvalue weighted by molar-refractivity contribution is 8.01. The highest BCUT2D eigenvalue weighted by atomic mass is 32.2. The Morgan fingerprint density at radius 3 is 2.29 bits per heavy atom. The van der Waals surface area contributed by atoms with Crippen molar-refractivity contribution >= 4 is 29.0 Å². The molecular formula is C26H28N6OS. The number of carbonyl (C=O) groups excluding carboxylic acids is 1. The minimum Gasteiger partial charge on any atom is -0.380 e. The maximum atomic E-state index is 12.9. The third kappa shape index (κ3) is 5.63. The molecule has 1 amide bonds. The number of hydrogen-bond donors (Lipinski definition) is 2. The van der Waals surface area contributed by atoms with E-state index in [1.807, 2.05) is 86.0 Å². The van der Waals surface area contributed by atoms with Gasteiger partial charge in [0.1, 0.15) is 5.69 Å². The van der Waals surface area contributed by atoms with Crippen molar-refractivity contribution in [1.82, 2.24) is 19.7 Å². The lowest BCUT2D eigenvalue weighted by atomic mass is 10.2. The van der Waals surface area contributed by atoms with E-state index >= 15 is 0 Å². The summed E-state index contributed by atoms with van der Waals surface area (Å²) in [7, 11) is 0. The Kier molecular flexibility index (Phi) is 7.27. The van der Waals surface area contributed by atoms with Crippen LogP contribution in [0.15, 0.2) is 84.1 Å². The first-order chi connectivity index (χ1) is 16.5. The number of carbonyl (C=O) groups is 1. The molecule has 2 aromatic carbocycles. The topological polar surface area (TPSA) is 84.7 Å². The Labute approximate surface area is 204 Å². The van der Waals surface area contributed by atoms with Gasteiger partial charge >= 0.3 is 0 Å². The molecule has 174 valence electrons. The summed E-state index contributed by atoms with van der Waals surface area (Å²) in [6.07, 6.45) is 1.80. The molecule has 0 unspecified atom stereocenters. The van der Waals surface area contributed by atoms with Crippen LogP contribution in [0.2, 0.25) is 0 Å². The summed E-state index contributed by atoms with van der Waals surface area (Å²) in [5.74, 6) is 0.585. The zero-order valence-corrected chi connectivity index (χ0v) is 20.3. The molecule has 0 radical (unpaired) electrons. The lowest BCUT2D eigenvalue weighted by molar-refractivity contribution is -0.117. The maximum absolute atomic E-state index is 12.9. The van der Waals surface area contributed by atoms with E-state index in [0.29, 0.717) is 17.5 Å². The van der Waals surface area contributed by atoms with Crippen LogP contribution in [0.4, 0.5) is 11.4 Å². The van der Waals surface area contributed by atoms with Crippen LogP contribution in [0.25, 0.3) is 11.5 Å². The molecule has 7 nitrogen and oxygen atoms in total. The quantitative estimate of drug-likeness (QED) is 0.314. The molecule has 8 heteroatoms. The van der Waals surface area contributed by atoms with Crippen LogP contribution < -0.4 is 10.6 Å². The second-order valence-corrected chi connectivity index (χ2v) is 9.84. The molecule has 2 N–H and O–H groups in total. The first-order valence-electron chi connectivity index (χ1n) is 11.2. The van der Waals surface area contributed by atoms with Crippen molar-refractivity contribution in [2.24, 2.45) is 0 Å². The van der Waals surface area contributed by atoms with Gasteiger partial charge in [0.2, 0.25) is 5.91 Å². The zero-order chi connectivity index (χ0) is 24.0. The van der Waals surface area contributed by atoms with Crippen molar-refractivity contribution < 1.29 is 4.79 Å². The highest BCUT2D eigenvalue weighted by Gasteiger charge is 2.32. The number of anilines is 2. The van der Waals surface area contributed by atoms with E-state index in [2.05, 4.69) is 37.9 Å². The molecular weight excluding hydrogens is 444 g/mol. The Hall–Kier alpha value is -3.65. The largest absolute Gasteiger partial charge is 0.380 e. The monoisotopic (exact) mass is 472 g/mol. The van der Waals surface area contributed by atoms with Gasteiger partial charge in [-0.15, -0.1) is 10.2 Å². The summed E-state index contributed by atoms with van der Waals surface area (Å²) in [4.78, 5) is 17.5. The van der Waals surface area contributed by atoms with Crippen LogP contribution in [-0.2, 0) is 17.9 Å². The fourth-order valence-electron chi connectivity index (χ4n) is 3.35. The molecule has 0 saturated heterocycles. The molecule has 0 aliphatic rings. The van der Waals surface area contributed by atoms with Crippen LogP contribution >= 0.6 is 11.8 Å². The predicted octanol–water partition coefficient (Wildman–Crippen LogP) is 5.48. The molecule has 2 aromatic heterocycles. The number of hydrogen-bond acceptors (Lipinski definition) is 6. The third-order valence-electron chi connectivity index (χ3n) is 5.29. The lowest BCUT2D eigenvalue weighted by Crippen LogP contribution is -2.34. The van der Waals surface area contributed by atoms with E-state index in [9.17, 15) is 4.79 Å². The number of aromatic nitrogens is 4. The second-order valence-electron chi connectivity index (χ2n) is 8.25. The van der Waals surface area contributed by atoms with Crippen LogP contribution in [0.3, 0.4) is 0 Å². The predicted molar refractivity (Wildman–Crippen MR) is 138 cm³/mol. The highest BCUT2D eigenvalue weighted by Crippen LogP contribution is 2.34. The first-order valence-corrected chi connectivity index (χ1v) is 12.0. The number of para-hydroxylation sites is 1. The number of rotatable bonds is 9. The summed E-state index contributed by atoms with van der Waals surface area (Å²) in [5, 5.41) is 15.8. The maximum Gasteiger partial charge on any atom is 0.240 e. The van der Waals surface area contributed by atoms with Crippen LogP contribution in [0.5, 0.6) is 0 Å². The van der Waals surface area contributed by atoms with E-state index in [1.165, 1.54) is 17.3 Å². The standard InChI is InChI=1S/C26H28N6OS/c1-4-32-23(22-16-15-21(18-28-22)27-17-19-11-7-5-8-12-19)30-31-25(32)34-26(2,3)24(33)29-20-13-9-6-10-14-20/h5-16,18,27H,4,17H2,1-3H3,(H,29,33). The Balaban J connectivity index is 1.45. The average Bonchev–Trinajstić information content (AvgIpc) is 3.26. The molecule has 2 heterocycles. The van der Waals surface area contributed by atoms with Gasteiger partial charge in [0.15, 0.2) is 11.0 Å². The number of pyridine rings is 1. The van der Waals surface area contributed by atoms with Crippen molar-refractivity contribution in [3.63, 3.8) is 0 Å². The summed E-state index contributed by atoms with van der Waals surface area (Å²) >= 11 is 1.39. The van der Waals surface area contributed by atoms with Crippen LogP contribution in [0.1, 0.15) is 26.3 Å². The lowest BCUT2D eigenvalue weighted by Gasteiger charge is -2.22. The Morgan fingerprint density at radius 1 is 0.941 bits per heavy atom. The van der Waals surface area contributed by atoms with Gasteiger partial charge in [0.05, 0.1) is 16.6 Å². The van der Waals surface area contributed by atoms with Crippen molar-refractivity contribution in [3.05, 3.63) is 84.6 Å². The average molecular weight is 473 g/mol. The van der Waals surface area contributed by atoms with Crippen LogP contribution in [0, 0.1) is 0 Å². The smallest absolute Gasteiger partial charge is 0.240 e. The zero-order valence-electron chi connectivity index (χ0n) is 19.5. The Morgan fingerprint density at radius 2 is 1.65 bits per heavy atom. The second kappa shape index (κ2) is 10.5. The van der Waals surface area contributed by atoms with Crippen molar-refractivity contribution in [3.8, 4) is 11.5 Å². The van der Waals surface area contributed by atoms with Gasteiger partial charge in [-0.2, -0.15) is 0 Å². The van der Waals surface area contributed by atoms with E-state index in [4.69, 9.17) is 0 Å². The Bertz CT molecular complexity index is 1220. The minimum absolute atomic E-state index is 0.0946. The summed E-state index contributed by atoms with van der Waals surface area (Å²) in [6.45, 7) is 7.19. The molecule has 4 rings (SSSR count). The summed E-state index contributed by atoms with van der Waals surface area (Å²) in [5.41, 5.74) is 3.64. The van der Waals surface area contributed by atoms with Gasteiger partial charge < -0.3 is 15.2 Å². The minimum atomic E-state index is -0.744. The molecule has 34 heavy (non-hydrogen) atoms. The van der Waals surface area contributed by atoms with E-state index in [-0.39, 0.29) is 5.91 Å². The van der Waals surface area contributed by atoms with Crippen LogP contribution in [-0.4, -0.2) is 30.4 Å². The SMILES string of the molecule is CCn1c(SC(C)(C)C(=O)Nc2ccccc2)nnc1-c1ccc(NCc2ccccc2)cn1. The van der Waals surface area contributed by atoms with E-state index < -0.39 is 4.75 Å². The van der Waals surface area contributed by atoms with Gasteiger partial charge in [0.25, 0.3) is 0 Å². The number of benzene rings is 2. The van der Waals surface area contributed by atoms with Gasteiger partial charge in [-0.25, -0.2) is 0 Å². The number of thioether (sulfide) groups is 1.